The van der Waals surface area contributed by atoms with Gasteiger partial charge in [0.15, 0.2) is 11.5 Å². The van der Waals surface area contributed by atoms with E-state index >= 15 is 0 Å². The van der Waals surface area contributed by atoms with E-state index in [2.05, 4.69) is 0 Å². The Morgan fingerprint density at radius 2 is 1.78 bits per heavy atom. The number of nitro groups is 1. The van der Waals surface area contributed by atoms with Gasteiger partial charge in [-0.05, 0) is 48.2 Å². The van der Waals surface area contributed by atoms with Gasteiger partial charge >= 0.3 is 0 Å². The lowest BCUT2D eigenvalue weighted by molar-refractivity contribution is -0.384. The molecule has 11 heteroatoms. The van der Waals surface area contributed by atoms with Crippen molar-refractivity contribution in [2.24, 2.45) is 0 Å². The maximum absolute atomic E-state index is 12.2. The van der Waals surface area contributed by atoms with Gasteiger partial charge in [-0.3, -0.25) is 14.3 Å². The Bertz CT molecular complexity index is 1040. The summed E-state index contributed by atoms with van der Waals surface area (Å²) < 4.78 is 51.7. The van der Waals surface area contributed by atoms with Crippen LogP contribution in [0, 0.1) is 10.1 Å². The molecule has 1 atom stereocenters. The summed E-state index contributed by atoms with van der Waals surface area (Å²) in [5, 5.41) is 10.7. The normalized spacial score (nSPS) is 16.1. The second-order valence-corrected chi connectivity index (χ2v) is 8.59. The van der Waals surface area contributed by atoms with Crippen molar-refractivity contribution in [1.82, 2.24) is 0 Å². The van der Waals surface area contributed by atoms with Crippen molar-refractivity contribution in [3.8, 4) is 11.5 Å². The van der Waals surface area contributed by atoms with Gasteiger partial charge < -0.3 is 18.9 Å². The van der Waals surface area contributed by atoms with Crippen molar-refractivity contribution < 1.29 is 36.5 Å². The first-order valence-electron chi connectivity index (χ1n) is 9.93. The maximum Gasteiger partial charge on any atom is 0.297 e. The van der Waals surface area contributed by atoms with E-state index in [0.29, 0.717) is 18.1 Å². The molecule has 0 fully saturated rings. The van der Waals surface area contributed by atoms with Crippen LogP contribution in [-0.4, -0.2) is 54.0 Å². The van der Waals surface area contributed by atoms with E-state index in [0.717, 1.165) is 48.2 Å². The molecule has 174 valence electrons. The number of ether oxygens (including phenoxy) is 4. The number of non-ortho nitro benzene ring substituents is 1. The van der Waals surface area contributed by atoms with Gasteiger partial charge in [0, 0.05) is 18.7 Å². The third-order valence-corrected chi connectivity index (χ3v) is 6.30. The monoisotopic (exact) mass is 467 g/mol. The average molecular weight is 467 g/mol. The third-order valence-electron chi connectivity index (χ3n) is 4.97. The summed E-state index contributed by atoms with van der Waals surface area (Å²) in [5.74, 6) is 1.25. The van der Waals surface area contributed by atoms with Gasteiger partial charge in [0.2, 0.25) is 0 Å². The van der Waals surface area contributed by atoms with Crippen molar-refractivity contribution >= 4 is 15.8 Å². The van der Waals surface area contributed by atoms with Crippen molar-refractivity contribution in [3.05, 3.63) is 57.6 Å². The SMILES string of the molecule is COc1cc2c(cc1OC)C(COCCOS(=O)(=O)c1ccc([N+](=O)[O-])cc1)OCCC2. The van der Waals surface area contributed by atoms with Crippen LogP contribution in [0.3, 0.4) is 0 Å². The van der Waals surface area contributed by atoms with E-state index in [-0.39, 0.29) is 36.5 Å². The molecule has 1 unspecified atom stereocenters. The predicted octanol–water partition coefficient (Wildman–Crippen LogP) is 3.04. The predicted molar refractivity (Wildman–Crippen MR) is 114 cm³/mol. The third kappa shape index (κ3) is 5.74. The van der Waals surface area contributed by atoms with Crippen molar-refractivity contribution in [1.29, 1.82) is 0 Å². The average Bonchev–Trinajstić information content (AvgIpc) is 2.99. The number of methoxy groups -OCH3 is 2. The number of hydrogen-bond donors (Lipinski definition) is 0. The van der Waals surface area contributed by atoms with Crippen LogP contribution in [0.1, 0.15) is 23.7 Å². The highest BCUT2D eigenvalue weighted by Crippen LogP contribution is 2.36. The first-order chi connectivity index (χ1) is 15.4. The van der Waals surface area contributed by atoms with Gasteiger partial charge in [0.1, 0.15) is 6.10 Å². The number of hydrogen-bond acceptors (Lipinski definition) is 9. The van der Waals surface area contributed by atoms with E-state index in [1.165, 1.54) is 0 Å². The molecule has 0 aliphatic carbocycles. The molecular weight excluding hydrogens is 442 g/mol. The van der Waals surface area contributed by atoms with Gasteiger partial charge in [0.25, 0.3) is 15.8 Å². The molecule has 0 saturated carbocycles. The minimum Gasteiger partial charge on any atom is -0.493 e. The summed E-state index contributed by atoms with van der Waals surface area (Å²) >= 11 is 0. The molecule has 32 heavy (non-hydrogen) atoms. The standard InChI is InChI=1S/C21H25NO9S/c1-27-19-12-15-4-3-9-30-21(18(15)13-20(19)28-2)14-29-10-11-31-32(25,26)17-7-5-16(6-8-17)22(23)24/h5-8,12-13,21H,3-4,9-11,14H2,1-2H3. The summed E-state index contributed by atoms with van der Waals surface area (Å²) in [6.07, 6.45) is 1.36. The number of rotatable bonds is 10. The van der Waals surface area contributed by atoms with Crippen molar-refractivity contribution in [3.63, 3.8) is 0 Å². The van der Waals surface area contributed by atoms with Gasteiger partial charge in [-0.15, -0.1) is 0 Å². The molecule has 0 bridgehead atoms. The van der Waals surface area contributed by atoms with Crippen LogP contribution < -0.4 is 9.47 Å². The van der Waals surface area contributed by atoms with E-state index in [1.54, 1.807) is 14.2 Å². The number of benzene rings is 2. The second kappa shape index (κ2) is 10.7. The zero-order chi connectivity index (χ0) is 23.1. The molecule has 0 radical (unpaired) electrons. The van der Waals surface area contributed by atoms with E-state index in [1.807, 2.05) is 12.1 Å². The molecular formula is C21H25NO9S. The Hall–Kier alpha value is -2.73. The molecule has 1 heterocycles. The van der Waals surface area contributed by atoms with E-state index in [4.69, 9.17) is 23.1 Å². The first kappa shape index (κ1) is 23.9. The minimum absolute atomic E-state index is 0.0225. The topological polar surface area (TPSA) is 123 Å². The summed E-state index contributed by atoms with van der Waals surface area (Å²) in [6, 6.07) is 8.30. The van der Waals surface area contributed by atoms with Crippen LogP contribution in [0.25, 0.3) is 0 Å². The van der Waals surface area contributed by atoms with Crippen LogP contribution in [0.15, 0.2) is 41.3 Å². The Morgan fingerprint density at radius 3 is 2.44 bits per heavy atom. The fourth-order valence-corrected chi connectivity index (χ4v) is 4.26. The van der Waals surface area contributed by atoms with Gasteiger partial charge in [-0.2, -0.15) is 8.42 Å². The molecule has 1 aliphatic rings. The van der Waals surface area contributed by atoms with Crippen LogP contribution in [-0.2, 0) is 30.2 Å². The van der Waals surface area contributed by atoms with Crippen LogP contribution in [0.5, 0.6) is 11.5 Å². The van der Waals surface area contributed by atoms with E-state index < -0.39 is 15.0 Å². The summed E-state index contributed by atoms with van der Waals surface area (Å²) in [7, 11) is -0.892. The molecule has 0 spiro atoms. The van der Waals surface area contributed by atoms with Gasteiger partial charge in [-0.1, -0.05) is 0 Å². The molecule has 10 nitrogen and oxygen atoms in total. The van der Waals surface area contributed by atoms with Crippen molar-refractivity contribution in [2.45, 2.75) is 23.8 Å². The van der Waals surface area contributed by atoms with Crippen LogP contribution in [0.2, 0.25) is 0 Å². The van der Waals surface area contributed by atoms with Crippen LogP contribution in [0.4, 0.5) is 5.69 Å². The lowest BCUT2D eigenvalue weighted by Crippen LogP contribution is -2.16. The summed E-state index contributed by atoms with van der Waals surface area (Å²) in [6.45, 7) is 0.599. The molecule has 0 saturated heterocycles. The molecule has 2 aromatic carbocycles. The molecule has 0 aromatic heterocycles. The lowest BCUT2D eigenvalue weighted by Gasteiger charge is -2.20. The van der Waals surface area contributed by atoms with Crippen molar-refractivity contribution in [2.75, 3.05) is 40.6 Å². The van der Waals surface area contributed by atoms with E-state index in [9.17, 15) is 18.5 Å². The number of fused-ring (bicyclic) bond motifs is 1. The fraction of sp³-hybridized carbons (Fsp3) is 0.429. The largest absolute Gasteiger partial charge is 0.493 e. The number of aryl methyl sites for hydroxylation is 1. The highest BCUT2D eigenvalue weighted by atomic mass is 32.2. The first-order valence-corrected chi connectivity index (χ1v) is 11.3. The Balaban J connectivity index is 1.56. The zero-order valence-corrected chi connectivity index (χ0v) is 18.6. The lowest BCUT2D eigenvalue weighted by atomic mass is 9.99. The van der Waals surface area contributed by atoms with Gasteiger partial charge in [0.05, 0.1) is 43.9 Å². The molecule has 0 amide bonds. The molecule has 3 rings (SSSR count). The minimum atomic E-state index is -4.04. The zero-order valence-electron chi connectivity index (χ0n) is 17.8. The summed E-state index contributed by atoms with van der Waals surface area (Å²) in [4.78, 5) is 9.92. The Kier molecular flexibility index (Phi) is 8.02. The number of nitrogens with zero attached hydrogens (tertiary/aromatic N) is 1. The smallest absolute Gasteiger partial charge is 0.297 e. The molecule has 2 aromatic rings. The fourth-order valence-electron chi connectivity index (χ4n) is 3.36. The quantitative estimate of drug-likeness (QED) is 0.224. The summed E-state index contributed by atoms with van der Waals surface area (Å²) in [5.41, 5.74) is 1.83. The highest BCUT2D eigenvalue weighted by Gasteiger charge is 2.23. The Labute approximate surface area is 186 Å². The number of nitro benzene ring substituents is 1. The maximum atomic E-state index is 12.2. The Morgan fingerprint density at radius 1 is 1.09 bits per heavy atom. The molecule has 1 aliphatic heterocycles. The molecule has 0 N–H and O–H groups in total. The van der Waals surface area contributed by atoms with Gasteiger partial charge in [-0.25, -0.2) is 0 Å². The van der Waals surface area contributed by atoms with Crippen LogP contribution >= 0.6 is 0 Å². The second-order valence-electron chi connectivity index (χ2n) is 6.97. The highest BCUT2D eigenvalue weighted by molar-refractivity contribution is 7.86.